The average Bonchev–Trinajstić information content (AvgIpc) is 2.90. The van der Waals surface area contributed by atoms with Crippen LogP contribution in [0.4, 0.5) is 0 Å². The molecule has 0 aliphatic carbocycles. The van der Waals surface area contributed by atoms with Crippen LogP contribution in [0.25, 0.3) is 0 Å². The molecule has 18 heavy (non-hydrogen) atoms. The summed E-state index contributed by atoms with van der Waals surface area (Å²) < 4.78 is 5.49. The molecule has 2 aromatic heterocycles. The first-order valence-corrected chi connectivity index (χ1v) is 6.25. The molecule has 2 rings (SSSR count). The van der Waals surface area contributed by atoms with Crippen molar-refractivity contribution in [2.24, 2.45) is 10.9 Å². The molecular formula is C11H10ClN3O2S. The summed E-state index contributed by atoms with van der Waals surface area (Å²) in [5.41, 5.74) is 5.87. The lowest BCUT2D eigenvalue weighted by atomic mass is 10.2. The van der Waals surface area contributed by atoms with Crippen LogP contribution in [0.2, 0.25) is 5.02 Å². The van der Waals surface area contributed by atoms with Gasteiger partial charge in [-0.25, -0.2) is 4.98 Å². The first-order valence-electron chi connectivity index (χ1n) is 5.00. The van der Waals surface area contributed by atoms with Crippen molar-refractivity contribution in [3.63, 3.8) is 0 Å². The number of hydrogen-bond donors (Lipinski definition) is 2. The lowest BCUT2D eigenvalue weighted by Crippen LogP contribution is -2.14. The van der Waals surface area contributed by atoms with Gasteiger partial charge in [0.25, 0.3) is 0 Å². The van der Waals surface area contributed by atoms with Gasteiger partial charge < -0.3 is 15.7 Å². The van der Waals surface area contributed by atoms with Gasteiger partial charge >= 0.3 is 0 Å². The Bertz CT molecular complexity index is 557. The van der Waals surface area contributed by atoms with Gasteiger partial charge in [-0.15, -0.1) is 11.3 Å². The monoisotopic (exact) mass is 283 g/mol. The molecule has 7 heteroatoms. The first-order chi connectivity index (χ1) is 8.72. The maximum absolute atomic E-state index is 8.63. The molecule has 0 amide bonds. The predicted molar refractivity (Wildman–Crippen MR) is 70.4 cm³/mol. The zero-order valence-corrected chi connectivity index (χ0v) is 10.8. The van der Waals surface area contributed by atoms with Crippen molar-refractivity contribution in [2.45, 2.75) is 6.61 Å². The Morgan fingerprint density at radius 2 is 2.39 bits per heavy atom. The minimum atomic E-state index is -0.0802. The van der Waals surface area contributed by atoms with E-state index in [1.807, 2.05) is 17.5 Å². The lowest BCUT2D eigenvalue weighted by molar-refractivity contribution is 0.297. The number of pyridine rings is 1. The highest BCUT2D eigenvalue weighted by atomic mass is 35.5. The lowest BCUT2D eigenvalue weighted by Gasteiger charge is -2.08. The third-order valence-corrected chi connectivity index (χ3v) is 3.39. The van der Waals surface area contributed by atoms with Crippen LogP contribution < -0.4 is 10.5 Å². The van der Waals surface area contributed by atoms with E-state index in [0.717, 1.165) is 4.88 Å². The molecule has 0 saturated heterocycles. The Morgan fingerprint density at radius 3 is 3.06 bits per heavy atom. The number of rotatable bonds is 4. The Balaban J connectivity index is 2.18. The topological polar surface area (TPSA) is 80.7 Å². The van der Waals surface area contributed by atoms with Crippen LogP contribution in [0.5, 0.6) is 5.88 Å². The number of oxime groups is 1. The summed E-state index contributed by atoms with van der Waals surface area (Å²) in [5.74, 6) is 0.178. The molecule has 0 unspecified atom stereocenters. The minimum Gasteiger partial charge on any atom is -0.471 e. The van der Waals surface area contributed by atoms with E-state index in [4.69, 9.17) is 27.3 Å². The van der Waals surface area contributed by atoms with Gasteiger partial charge in [-0.05, 0) is 17.5 Å². The van der Waals surface area contributed by atoms with Gasteiger partial charge in [0.2, 0.25) is 5.88 Å². The van der Waals surface area contributed by atoms with Crippen LogP contribution in [-0.4, -0.2) is 16.0 Å². The number of hydrogen-bond acceptors (Lipinski definition) is 5. The normalized spacial score (nSPS) is 11.5. The Hall–Kier alpha value is -1.79. The van der Waals surface area contributed by atoms with Crippen molar-refractivity contribution in [3.8, 4) is 5.88 Å². The molecule has 0 fully saturated rings. The van der Waals surface area contributed by atoms with Gasteiger partial charge in [-0.2, -0.15) is 0 Å². The maximum Gasteiger partial charge on any atom is 0.233 e. The number of thiophene rings is 1. The average molecular weight is 284 g/mol. The summed E-state index contributed by atoms with van der Waals surface area (Å²) in [6.07, 6.45) is 1.49. The summed E-state index contributed by atoms with van der Waals surface area (Å²) in [6, 6.07) is 5.44. The second-order valence-corrected chi connectivity index (χ2v) is 4.74. The zero-order chi connectivity index (χ0) is 13.0. The molecule has 94 valence electrons. The molecule has 0 radical (unpaired) electrons. The molecule has 0 bridgehead atoms. The third kappa shape index (κ3) is 2.72. The third-order valence-electron chi connectivity index (χ3n) is 2.17. The quantitative estimate of drug-likeness (QED) is 0.391. The molecule has 3 N–H and O–H groups in total. The fourth-order valence-electron chi connectivity index (χ4n) is 1.31. The van der Waals surface area contributed by atoms with E-state index in [1.54, 1.807) is 17.4 Å². The Kier molecular flexibility index (Phi) is 4.01. The fraction of sp³-hybridized carbons (Fsp3) is 0.0909. The van der Waals surface area contributed by atoms with Crippen molar-refractivity contribution in [1.82, 2.24) is 4.98 Å². The van der Waals surface area contributed by atoms with Crippen LogP contribution >= 0.6 is 22.9 Å². The van der Waals surface area contributed by atoms with E-state index < -0.39 is 0 Å². The van der Waals surface area contributed by atoms with E-state index in [9.17, 15) is 0 Å². The molecule has 0 aromatic carbocycles. The Morgan fingerprint density at radius 1 is 1.56 bits per heavy atom. The predicted octanol–water partition coefficient (Wildman–Crippen LogP) is 2.47. The van der Waals surface area contributed by atoms with Gasteiger partial charge in [0.05, 0.1) is 0 Å². The van der Waals surface area contributed by atoms with Crippen LogP contribution in [0, 0.1) is 0 Å². The van der Waals surface area contributed by atoms with E-state index in [-0.39, 0.29) is 16.7 Å². The number of aromatic nitrogens is 1. The fourth-order valence-corrected chi connectivity index (χ4v) is 2.19. The highest BCUT2D eigenvalue weighted by Gasteiger charge is 2.12. The van der Waals surface area contributed by atoms with Crippen molar-refractivity contribution >= 4 is 28.8 Å². The standard InChI is InChI=1S/C11H10ClN3O2S/c12-9-8(10(13)15-16)3-4-14-11(9)17-6-7-2-1-5-18-7/h1-5,16H,6H2,(H2,13,15). The molecule has 0 saturated carbocycles. The number of amidine groups is 1. The molecule has 5 nitrogen and oxygen atoms in total. The highest BCUT2D eigenvalue weighted by molar-refractivity contribution is 7.09. The second kappa shape index (κ2) is 5.70. The summed E-state index contributed by atoms with van der Waals surface area (Å²) in [6.45, 7) is 0.379. The number of halogens is 1. The van der Waals surface area contributed by atoms with Gasteiger partial charge in [0, 0.05) is 16.6 Å². The van der Waals surface area contributed by atoms with Crippen LogP contribution in [0.15, 0.2) is 34.9 Å². The molecule has 0 spiro atoms. The largest absolute Gasteiger partial charge is 0.471 e. The van der Waals surface area contributed by atoms with Crippen molar-refractivity contribution in [3.05, 3.63) is 45.2 Å². The zero-order valence-electron chi connectivity index (χ0n) is 9.21. The molecule has 0 aliphatic heterocycles. The highest BCUT2D eigenvalue weighted by Crippen LogP contribution is 2.26. The summed E-state index contributed by atoms with van der Waals surface area (Å²) in [5, 5.41) is 13.7. The van der Waals surface area contributed by atoms with E-state index >= 15 is 0 Å². The number of nitrogens with two attached hydrogens (primary N) is 1. The summed E-state index contributed by atoms with van der Waals surface area (Å²) in [7, 11) is 0. The van der Waals surface area contributed by atoms with Crippen molar-refractivity contribution in [2.75, 3.05) is 0 Å². The summed E-state index contributed by atoms with van der Waals surface area (Å²) >= 11 is 7.65. The SMILES string of the molecule is N/C(=N/O)c1ccnc(OCc2cccs2)c1Cl. The maximum atomic E-state index is 8.63. The van der Waals surface area contributed by atoms with E-state index in [0.29, 0.717) is 12.2 Å². The van der Waals surface area contributed by atoms with Gasteiger partial charge in [0.1, 0.15) is 11.6 Å². The molecule has 2 heterocycles. The minimum absolute atomic E-state index is 0.0802. The molecule has 0 atom stereocenters. The second-order valence-electron chi connectivity index (χ2n) is 3.33. The molecule has 2 aromatic rings. The van der Waals surface area contributed by atoms with Crippen molar-refractivity contribution < 1.29 is 9.94 Å². The van der Waals surface area contributed by atoms with Gasteiger partial charge in [-0.1, -0.05) is 22.8 Å². The number of ether oxygens (including phenoxy) is 1. The molecule has 0 aliphatic rings. The van der Waals surface area contributed by atoms with Gasteiger partial charge in [-0.3, -0.25) is 0 Å². The van der Waals surface area contributed by atoms with Crippen molar-refractivity contribution in [1.29, 1.82) is 0 Å². The number of nitrogens with zero attached hydrogens (tertiary/aromatic N) is 2. The summed E-state index contributed by atoms with van der Waals surface area (Å²) in [4.78, 5) is 5.07. The van der Waals surface area contributed by atoms with Gasteiger partial charge in [0.15, 0.2) is 5.84 Å². The van der Waals surface area contributed by atoms with Crippen LogP contribution in [0.1, 0.15) is 10.4 Å². The first kappa shape index (κ1) is 12.7. The van der Waals surface area contributed by atoms with E-state index in [1.165, 1.54) is 6.20 Å². The van der Waals surface area contributed by atoms with E-state index in [2.05, 4.69) is 10.1 Å². The smallest absolute Gasteiger partial charge is 0.233 e. The van der Waals surface area contributed by atoms with Crippen LogP contribution in [0.3, 0.4) is 0 Å². The van der Waals surface area contributed by atoms with Crippen LogP contribution in [-0.2, 0) is 6.61 Å². The molecular weight excluding hydrogens is 274 g/mol. The Labute approximate surface area is 112 Å².